The molecule has 2 nitrogen and oxygen atoms in total. The SMILES string of the molecule is NC(=O)c1cccc2c(F)ccc(F)c12. The van der Waals surface area contributed by atoms with E-state index in [1.165, 1.54) is 18.2 Å². The van der Waals surface area contributed by atoms with E-state index in [0.29, 0.717) is 0 Å². The second-order valence-corrected chi connectivity index (χ2v) is 3.12. The highest BCUT2D eigenvalue weighted by Gasteiger charge is 2.12. The van der Waals surface area contributed by atoms with Crippen LogP contribution in [-0.2, 0) is 0 Å². The van der Waals surface area contributed by atoms with Gasteiger partial charge in [0, 0.05) is 16.3 Å². The van der Waals surface area contributed by atoms with Crippen molar-refractivity contribution < 1.29 is 13.6 Å². The van der Waals surface area contributed by atoms with Gasteiger partial charge in [-0.25, -0.2) is 8.78 Å². The Bertz CT molecular complexity index is 552. The number of amides is 1. The Balaban J connectivity index is 2.96. The molecule has 15 heavy (non-hydrogen) atoms. The lowest BCUT2D eigenvalue weighted by atomic mass is 10.0. The zero-order valence-corrected chi connectivity index (χ0v) is 7.63. The molecule has 0 saturated heterocycles. The quantitative estimate of drug-likeness (QED) is 0.765. The highest BCUT2D eigenvalue weighted by Crippen LogP contribution is 2.24. The van der Waals surface area contributed by atoms with E-state index < -0.39 is 17.5 Å². The number of benzene rings is 2. The second kappa shape index (κ2) is 3.31. The Labute approximate surface area is 84.3 Å². The largest absolute Gasteiger partial charge is 0.366 e. The Morgan fingerprint density at radius 1 is 1.07 bits per heavy atom. The number of nitrogens with two attached hydrogens (primary N) is 1. The third-order valence-electron chi connectivity index (χ3n) is 2.20. The summed E-state index contributed by atoms with van der Waals surface area (Å²) in [5.41, 5.74) is 5.06. The molecule has 0 fully saturated rings. The van der Waals surface area contributed by atoms with Crippen LogP contribution in [0.4, 0.5) is 8.78 Å². The molecule has 0 aromatic heterocycles. The molecule has 2 aromatic rings. The van der Waals surface area contributed by atoms with Crippen LogP contribution in [0.3, 0.4) is 0 Å². The van der Waals surface area contributed by atoms with E-state index in [1.807, 2.05) is 0 Å². The van der Waals surface area contributed by atoms with Gasteiger partial charge in [-0.3, -0.25) is 4.79 Å². The van der Waals surface area contributed by atoms with Crippen LogP contribution in [0.5, 0.6) is 0 Å². The number of fused-ring (bicyclic) bond motifs is 1. The van der Waals surface area contributed by atoms with Gasteiger partial charge in [0.2, 0.25) is 5.91 Å². The lowest BCUT2D eigenvalue weighted by Gasteiger charge is -2.04. The fourth-order valence-corrected chi connectivity index (χ4v) is 1.53. The number of carbonyl (C=O) groups excluding carboxylic acids is 1. The molecular formula is C11H7F2NO. The van der Waals surface area contributed by atoms with Crippen LogP contribution in [0.15, 0.2) is 30.3 Å². The predicted molar refractivity (Wildman–Crippen MR) is 52.4 cm³/mol. The summed E-state index contributed by atoms with van der Waals surface area (Å²) in [7, 11) is 0. The summed E-state index contributed by atoms with van der Waals surface area (Å²) in [5.74, 6) is -2.00. The molecule has 0 heterocycles. The van der Waals surface area contributed by atoms with Crippen molar-refractivity contribution in [2.75, 3.05) is 0 Å². The summed E-state index contributed by atoms with van der Waals surface area (Å²) in [6.45, 7) is 0. The first-order valence-electron chi connectivity index (χ1n) is 4.28. The molecule has 2 aromatic carbocycles. The van der Waals surface area contributed by atoms with Gasteiger partial charge in [0.15, 0.2) is 0 Å². The van der Waals surface area contributed by atoms with Crippen molar-refractivity contribution in [3.63, 3.8) is 0 Å². The lowest BCUT2D eigenvalue weighted by Crippen LogP contribution is -2.12. The first kappa shape index (κ1) is 9.58. The van der Waals surface area contributed by atoms with Crippen LogP contribution in [0, 0.1) is 11.6 Å². The molecule has 76 valence electrons. The summed E-state index contributed by atoms with van der Waals surface area (Å²) < 4.78 is 26.7. The molecule has 0 saturated carbocycles. The minimum Gasteiger partial charge on any atom is -0.366 e. The van der Waals surface area contributed by atoms with Gasteiger partial charge in [-0.2, -0.15) is 0 Å². The van der Waals surface area contributed by atoms with E-state index in [1.54, 1.807) is 0 Å². The molecule has 0 bridgehead atoms. The molecular weight excluding hydrogens is 200 g/mol. The highest BCUT2D eigenvalue weighted by molar-refractivity contribution is 6.06. The average Bonchev–Trinajstić information content (AvgIpc) is 2.23. The van der Waals surface area contributed by atoms with Crippen LogP contribution in [0.1, 0.15) is 10.4 Å². The maximum Gasteiger partial charge on any atom is 0.249 e. The number of hydrogen-bond donors (Lipinski definition) is 1. The Kier molecular flexibility index (Phi) is 2.11. The van der Waals surface area contributed by atoms with Crippen molar-refractivity contribution in [1.82, 2.24) is 0 Å². The van der Waals surface area contributed by atoms with Crippen molar-refractivity contribution in [3.8, 4) is 0 Å². The minimum absolute atomic E-state index is 0.00972. The zero-order valence-electron chi connectivity index (χ0n) is 7.63. The number of carbonyl (C=O) groups is 1. The van der Waals surface area contributed by atoms with Gasteiger partial charge < -0.3 is 5.73 Å². The van der Waals surface area contributed by atoms with E-state index >= 15 is 0 Å². The van der Waals surface area contributed by atoms with E-state index in [-0.39, 0.29) is 16.3 Å². The standard InChI is InChI=1S/C11H7F2NO/c12-8-4-5-9(13)10-6(8)2-1-3-7(10)11(14)15/h1-5H,(H2,14,15). The normalized spacial score (nSPS) is 10.5. The van der Waals surface area contributed by atoms with Gasteiger partial charge in [0.25, 0.3) is 0 Å². The first-order chi connectivity index (χ1) is 7.11. The smallest absolute Gasteiger partial charge is 0.249 e. The molecule has 0 atom stereocenters. The molecule has 0 unspecified atom stereocenters. The van der Waals surface area contributed by atoms with Crippen molar-refractivity contribution in [2.45, 2.75) is 0 Å². The molecule has 2 N–H and O–H groups in total. The number of hydrogen-bond acceptors (Lipinski definition) is 1. The summed E-state index contributed by atoms with van der Waals surface area (Å²) in [6, 6.07) is 6.23. The zero-order chi connectivity index (χ0) is 11.0. The van der Waals surface area contributed by atoms with Crippen LogP contribution in [-0.4, -0.2) is 5.91 Å². The van der Waals surface area contributed by atoms with Crippen molar-refractivity contribution in [2.24, 2.45) is 5.73 Å². The van der Waals surface area contributed by atoms with Crippen LogP contribution >= 0.6 is 0 Å². The Hall–Kier alpha value is -1.97. The van der Waals surface area contributed by atoms with Crippen LogP contribution in [0.25, 0.3) is 10.8 Å². The fraction of sp³-hybridized carbons (Fsp3) is 0. The van der Waals surface area contributed by atoms with E-state index in [0.717, 1.165) is 12.1 Å². The Morgan fingerprint density at radius 2 is 1.73 bits per heavy atom. The summed E-state index contributed by atoms with van der Waals surface area (Å²) in [6.07, 6.45) is 0. The number of primary amides is 1. The summed E-state index contributed by atoms with van der Waals surface area (Å²) >= 11 is 0. The van der Waals surface area contributed by atoms with Crippen molar-refractivity contribution >= 4 is 16.7 Å². The summed E-state index contributed by atoms with van der Waals surface area (Å²) in [5, 5.41) is -0.00343. The molecule has 0 aliphatic rings. The van der Waals surface area contributed by atoms with Gasteiger partial charge in [0.05, 0.1) is 0 Å². The van der Waals surface area contributed by atoms with Gasteiger partial charge in [-0.1, -0.05) is 12.1 Å². The van der Waals surface area contributed by atoms with Gasteiger partial charge in [-0.15, -0.1) is 0 Å². The second-order valence-electron chi connectivity index (χ2n) is 3.12. The summed E-state index contributed by atoms with van der Waals surface area (Å²) in [4.78, 5) is 11.0. The maximum atomic E-state index is 13.4. The Morgan fingerprint density at radius 3 is 2.40 bits per heavy atom. The van der Waals surface area contributed by atoms with E-state index in [2.05, 4.69) is 0 Å². The predicted octanol–water partition coefficient (Wildman–Crippen LogP) is 2.22. The monoisotopic (exact) mass is 207 g/mol. The van der Waals surface area contributed by atoms with Gasteiger partial charge in [0.1, 0.15) is 11.6 Å². The maximum absolute atomic E-state index is 13.4. The molecule has 2 rings (SSSR count). The molecule has 0 aliphatic heterocycles. The fourth-order valence-electron chi connectivity index (χ4n) is 1.53. The first-order valence-corrected chi connectivity index (χ1v) is 4.28. The highest BCUT2D eigenvalue weighted by atomic mass is 19.1. The number of rotatable bonds is 1. The van der Waals surface area contributed by atoms with Crippen LogP contribution in [0.2, 0.25) is 0 Å². The molecule has 4 heteroatoms. The third kappa shape index (κ3) is 1.44. The molecule has 1 amide bonds. The van der Waals surface area contributed by atoms with Crippen molar-refractivity contribution in [3.05, 3.63) is 47.5 Å². The van der Waals surface area contributed by atoms with Crippen LogP contribution < -0.4 is 5.73 Å². The molecule has 0 spiro atoms. The van der Waals surface area contributed by atoms with Gasteiger partial charge >= 0.3 is 0 Å². The molecule has 0 radical (unpaired) electrons. The third-order valence-corrected chi connectivity index (χ3v) is 2.20. The molecule has 0 aliphatic carbocycles. The topological polar surface area (TPSA) is 43.1 Å². The van der Waals surface area contributed by atoms with E-state index in [4.69, 9.17) is 5.73 Å². The minimum atomic E-state index is -0.773. The number of halogens is 2. The van der Waals surface area contributed by atoms with E-state index in [9.17, 15) is 13.6 Å². The lowest BCUT2D eigenvalue weighted by molar-refractivity contribution is 0.100. The average molecular weight is 207 g/mol. The van der Waals surface area contributed by atoms with Crippen molar-refractivity contribution in [1.29, 1.82) is 0 Å². The van der Waals surface area contributed by atoms with Gasteiger partial charge in [-0.05, 0) is 18.2 Å².